The third kappa shape index (κ3) is 2.78. The fraction of sp³-hybridized carbons (Fsp3) is 0.263. The Labute approximate surface area is 144 Å². The van der Waals surface area contributed by atoms with E-state index < -0.39 is 11.9 Å². The Morgan fingerprint density at radius 1 is 1.24 bits per heavy atom. The second kappa shape index (κ2) is 6.29. The number of nitrogens with one attached hydrogen (secondary N) is 1. The van der Waals surface area contributed by atoms with Gasteiger partial charge < -0.3 is 11.1 Å². The fourth-order valence-electron chi connectivity index (χ4n) is 3.47. The summed E-state index contributed by atoms with van der Waals surface area (Å²) in [4.78, 5) is 11.5. The van der Waals surface area contributed by atoms with Crippen LogP contribution in [0.4, 0.5) is 4.39 Å². The number of hydrogen-bond acceptors (Lipinski definition) is 3. The van der Waals surface area contributed by atoms with E-state index in [-0.39, 0.29) is 16.5 Å². The molecule has 0 aliphatic carbocycles. The van der Waals surface area contributed by atoms with Crippen LogP contribution >= 0.6 is 0 Å². The van der Waals surface area contributed by atoms with E-state index in [1.54, 1.807) is 18.2 Å². The largest absolute Gasteiger partial charge is 0.366 e. The van der Waals surface area contributed by atoms with Crippen LogP contribution < -0.4 is 11.1 Å². The van der Waals surface area contributed by atoms with Crippen LogP contribution in [0.25, 0.3) is 16.6 Å². The zero-order valence-corrected chi connectivity index (χ0v) is 13.7. The molecular weight excluding hydrogens is 319 g/mol. The Hall–Kier alpha value is -2.73. The van der Waals surface area contributed by atoms with Gasteiger partial charge in [0.2, 0.25) is 5.95 Å². The third-order valence-corrected chi connectivity index (χ3v) is 4.82. The average molecular weight is 338 g/mol. The number of carbonyl (C=O) groups excluding carboxylic acids is 1. The summed E-state index contributed by atoms with van der Waals surface area (Å²) < 4.78 is 16.0. The normalized spacial score (nSPS) is 17.7. The van der Waals surface area contributed by atoms with Crippen LogP contribution in [0, 0.1) is 5.95 Å². The fourth-order valence-corrected chi connectivity index (χ4v) is 3.47. The monoisotopic (exact) mass is 338 g/mol. The van der Waals surface area contributed by atoms with Gasteiger partial charge in [0.25, 0.3) is 5.91 Å². The highest BCUT2D eigenvalue weighted by atomic mass is 19.1. The third-order valence-electron chi connectivity index (χ3n) is 4.82. The van der Waals surface area contributed by atoms with Crippen molar-refractivity contribution in [2.45, 2.75) is 18.8 Å². The summed E-state index contributed by atoms with van der Waals surface area (Å²) in [7, 11) is 0. The zero-order valence-electron chi connectivity index (χ0n) is 13.7. The van der Waals surface area contributed by atoms with Crippen molar-refractivity contribution in [1.29, 1.82) is 0 Å². The highest BCUT2D eigenvalue weighted by Crippen LogP contribution is 2.26. The van der Waals surface area contributed by atoms with Crippen molar-refractivity contribution < 1.29 is 9.18 Å². The highest BCUT2D eigenvalue weighted by molar-refractivity contribution is 6.04. The van der Waals surface area contributed by atoms with Crippen LogP contribution in [0.5, 0.6) is 0 Å². The van der Waals surface area contributed by atoms with E-state index in [2.05, 4.69) is 10.4 Å². The molecule has 1 aliphatic heterocycles. The minimum absolute atomic E-state index is 0.222. The van der Waals surface area contributed by atoms with Crippen molar-refractivity contribution >= 4 is 16.8 Å². The first-order valence-corrected chi connectivity index (χ1v) is 8.43. The van der Waals surface area contributed by atoms with Crippen molar-refractivity contribution in [1.82, 2.24) is 15.1 Å². The summed E-state index contributed by atoms with van der Waals surface area (Å²) in [6, 6.07) is 12.5. The SMILES string of the molecule is NC(=O)c1cccc2c(F)n(-c3ccc([C@H]4CCCNC4)cc3)nc12. The Balaban J connectivity index is 1.73. The summed E-state index contributed by atoms with van der Waals surface area (Å²) in [5.41, 5.74) is 7.73. The van der Waals surface area contributed by atoms with Crippen molar-refractivity contribution in [3.05, 3.63) is 59.5 Å². The molecule has 128 valence electrons. The van der Waals surface area contributed by atoms with Crippen LogP contribution in [0.3, 0.4) is 0 Å². The van der Waals surface area contributed by atoms with Gasteiger partial charge >= 0.3 is 0 Å². The van der Waals surface area contributed by atoms with E-state index in [1.165, 1.54) is 16.7 Å². The van der Waals surface area contributed by atoms with E-state index in [1.807, 2.05) is 24.3 Å². The first-order valence-electron chi connectivity index (χ1n) is 8.43. The molecule has 1 atom stereocenters. The molecule has 6 heteroatoms. The first kappa shape index (κ1) is 15.8. The molecule has 25 heavy (non-hydrogen) atoms. The van der Waals surface area contributed by atoms with Gasteiger partial charge in [0.15, 0.2) is 0 Å². The molecule has 0 spiro atoms. The first-order chi connectivity index (χ1) is 12.1. The lowest BCUT2D eigenvalue weighted by molar-refractivity contribution is 0.100. The van der Waals surface area contributed by atoms with Crippen LogP contribution in [-0.2, 0) is 0 Å². The molecule has 5 nitrogen and oxygen atoms in total. The quantitative estimate of drug-likeness (QED) is 0.771. The molecule has 0 saturated carbocycles. The second-order valence-electron chi connectivity index (χ2n) is 6.40. The summed E-state index contributed by atoms with van der Waals surface area (Å²) in [5, 5.41) is 7.97. The van der Waals surface area contributed by atoms with Crippen LogP contribution in [0.2, 0.25) is 0 Å². The lowest BCUT2D eigenvalue weighted by Crippen LogP contribution is -2.28. The number of amides is 1. The molecule has 1 amide bonds. The predicted molar refractivity (Wildman–Crippen MR) is 94.4 cm³/mol. The van der Waals surface area contributed by atoms with Gasteiger partial charge in [0.05, 0.1) is 16.6 Å². The Bertz CT molecular complexity index is 926. The minimum Gasteiger partial charge on any atom is -0.366 e. The molecule has 1 aromatic heterocycles. The van der Waals surface area contributed by atoms with Gasteiger partial charge in [-0.15, -0.1) is 0 Å². The van der Waals surface area contributed by atoms with Gasteiger partial charge in [-0.2, -0.15) is 9.49 Å². The number of piperidine rings is 1. The molecule has 4 rings (SSSR count). The molecule has 1 aliphatic rings. The van der Waals surface area contributed by atoms with Crippen LogP contribution in [0.15, 0.2) is 42.5 Å². The maximum atomic E-state index is 14.8. The summed E-state index contributed by atoms with van der Waals surface area (Å²) in [5.74, 6) is -0.619. The number of primary amides is 1. The van der Waals surface area contributed by atoms with E-state index >= 15 is 0 Å². The summed E-state index contributed by atoms with van der Waals surface area (Å²) >= 11 is 0. The number of hydrogen-bond donors (Lipinski definition) is 2. The number of nitrogens with two attached hydrogens (primary N) is 1. The van der Waals surface area contributed by atoms with Gasteiger partial charge in [-0.3, -0.25) is 4.79 Å². The Kier molecular flexibility index (Phi) is 3.97. The molecule has 0 unspecified atom stereocenters. The van der Waals surface area contributed by atoms with Gasteiger partial charge in [-0.1, -0.05) is 18.2 Å². The number of nitrogens with zero attached hydrogens (tertiary/aromatic N) is 2. The molecule has 3 N–H and O–H groups in total. The molecule has 3 aromatic rings. The topological polar surface area (TPSA) is 72.9 Å². The number of fused-ring (bicyclic) bond motifs is 1. The van der Waals surface area contributed by atoms with E-state index in [0.717, 1.165) is 19.5 Å². The molecule has 0 radical (unpaired) electrons. The molecule has 2 aromatic carbocycles. The predicted octanol–water partition coefficient (Wildman–Crippen LogP) is 2.73. The summed E-state index contributed by atoms with van der Waals surface area (Å²) in [6.45, 7) is 2.04. The van der Waals surface area contributed by atoms with Gasteiger partial charge in [-0.25, -0.2) is 4.68 Å². The van der Waals surface area contributed by atoms with Gasteiger partial charge in [0.1, 0.15) is 5.52 Å². The van der Waals surface area contributed by atoms with Crippen molar-refractivity contribution in [3.63, 3.8) is 0 Å². The zero-order chi connectivity index (χ0) is 17.4. The van der Waals surface area contributed by atoms with Gasteiger partial charge in [0, 0.05) is 6.54 Å². The van der Waals surface area contributed by atoms with E-state index in [4.69, 9.17) is 5.73 Å². The van der Waals surface area contributed by atoms with E-state index in [0.29, 0.717) is 11.6 Å². The maximum absolute atomic E-state index is 14.8. The van der Waals surface area contributed by atoms with Crippen molar-refractivity contribution in [3.8, 4) is 5.69 Å². The standard InChI is InChI=1S/C19H19FN4O/c20-18-15-4-1-5-16(19(21)25)17(15)23-24(18)14-8-6-12(7-9-14)13-3-2-10-22-11-13/h1,4-9,13,22H,2-3,10-11H2,(H2,21,25)/t13-/m0/s1. The lowest BCUT2D eigenvalue weighted by Gasteiger charge is -2.23. The molecule has 0 bridgehead atoms. The molecule has 2 heterocycles. The lowest BCUT2D eigenvalue weighted by atomic mass is 9.92. The maximum Gasteiger partial charge on any atom is 0.250 e. The number of halogens is 1. The van der Waals surface area contributed by atoms with Crippen LogP contribution in [-0.4, -0.2) is 28.8 Å². The summed E-state index contributed by atoms with van der Waals surface area (Å²) in [6.07, 6.45) is 2.33. The van der Waals surface area contributed by atoms with Gasteiger partial charge in [-0.05, 0) is 55.1 Å². The number of benzene rings is 2. The van der Waals surface area contributed by atoms with E-state index in [9.17, 15) is 9.18 Å². The second-order valence-corrected chi connectivity index (χ2v) is 6.40. The Morgan fingerprint density at radius 2 is 2.04 bits per heavy atom. The molecular formula is C19H19FN4O. The molecule has 1 saturated heterocycles. The van der Waals surface area contributed by atoms with Crippen molar-refractivity contribution in [2.75, 3.05) is 13.1 Å². The molecule has 1 fully saturated rings. The minimum atomic E-state index is -0.615. The van der Waals surface area contributed by atoms with Crippen molar-refractivity contribution in [2.24, 2.45) is 5.73 Å². The van der Waals surface area contributed by atoms with Crippen LogP contribution in [0.1, 0.15) is 34.7 Å². The highest BCUT2D eigenvalue weighted by Gasteiger charge is 2.18. The number of aromatic nitrogens is 2. The number of carbonyl (C=O) groups is 1. The smallest absolute Gasteiger partial charge is 0.250 e. The average Bonchev–Trinajstić information content (AvgIpc) is 2.99. The Morgan fingerprint density at radius 3 is 2.72 bits per heavy atom. The number of rotatable bonds is 3.